The molecule has 18 heavy (non-hydrogen) atoms. The monoisotopic (exact) mass is 253 g/mol. The first kappa shape index (κ1) is 13.8. The Morgan fingerprint density at radius 3 is 2.44 bits per heavy atom. The maximum atomic E-state index is 12.4. The summed E-state index contributed by atoms with van der Waals surface area (Å²) >= 11 is 0. The van der Waals surface area contributed by atoms with E-state index in [1.165, 1.54) is 0 Å². The number of hydrogen-bond acceptors (Lipinski definition) is 3. The fraction of sp³-hybridized carbons (Fsp3) is 0.929. The van der Waals surface area contributed by atoms with E-state index in [9.17, 15) is 4.79 Å². The molecule has 2 heterocycles. The molecule has 2 saturated heterocycles. The SMILES string of the molecule is CN1CCC(CC(=O)N2CC(N)CC2(C)C)CC1. The third-order valence-electron chi connectivity index (χ3n) is 4.51. The van der Waals surface area contributed by atoms with Gasteiger partial charge in [0.1, 0.15) is 0 Å². The summed E-state index contributed by atoms with van der Waals surface area (Å²) in [7, 11) is 2.15. The third-order valence-corrected chi connectivity index (χ3v) is 4.51. The van der Waals surface area contributed by atoms with E-state index in [0.717, 1.165) is 38.9 Å². The van der Waals surface area contributed by atoms with Crippen LogP contribution < -0.4 is 5.73 Å². The molecule has 0 bridgehead atoms. The Balaban J connectivity index is 1.88. The van der Waals surface area contributed by atoms with Crippen LogP contribution in [0.5, 0.6) is 0 Å². The zero-order valence-corrected chi connectivity index (χ0v) is 12.0. The van der Waals surface area contributed by atoms with Gasteiger partial charge in [-0.2, -0.15) is 0 Å². The van der Waals surface area contributed by atoms with Crippen LogP contribution in [-0.2, 0) is 4.79 Å². The molecule has 0 aromatic carbocycles. The molecule has 1 atom stereocenters. The molecule has 2 rings (SSSR count). The maximum Gasteiger partial charge on any atom is 0.223 e. The number of hydrogen-bond donors (Lipinski definition) is 1. The zero-order valence-electron chi connectivity index (χ0n) is 12.0. The molecule has 0 aromatic heterocycles. The first-order valence-electron chi connectivity index (χ1n) is 7.13. The molecule has 0 spiro atoms. The van der Waals surface area contributed by atoms with Gasteiger partial charge in [-0.3, -0.25) is 4.79 Å². The molecule has 2 aliphatic heterocycles. The number of carbonyl (C=O) groups excluding carboxylic acids is 1. The van der Waals surface area contributed by atoms with Gasteiger partial charge in [0.25, 0.3) is 0 Å². The van der Waals surface area contributed by atoms with Gasteiger partial charge in [-0.15, -0.1) is 0 Å². The highest BCUT2D eigenvalue weighted by atomic mass is 16.2. The second-order valence-electron chi connectivity index (χ2n) is 6.73. The zero-order chi connectivity index (χ0) is 13.3. The molecule has 1 unspecified atom stereocenters. The van der Waals surface area contributed by atoms with Crippen LogP contribution in [0.25, 0.3) is 0 Å². The van der Waals surface area contributed by atoms with Gasteiger partial charge in [-0.1, -0.05) is 0 Å². The van der Waals surface area contributed by atoms with Crippen LogP contribution in [0.1, 0.15) is 39.5 Å². The second-order valence-corrected chi connectivity index (χ2v) is 6.73. The largest absolute Gasteiger partial charge is 0.336 e. The van der Waals surface area contributed by atoms with E-state index in [4.69, 9.17) is 5.73 Å². The lowest BCUT2D eigenvalue weighted by atomic mass is 9.92. The first-order chi connectivity index (χ1) is 8.38. The minimum Gasteiger partial charge on any atom is -0.336 e. The van der Waals surface area contributed by atoms with E-state index in [1.54, 1.807) is 0 Å². The average molecular weight is 253 g/mol. The number of carbonyl (C=O) groups is 1. The highest BCUT2D eigenvalue weighted by molar-refractivity contribution is 5.77. The molecule has 1 amide bonds. The molecule has 0 saturated carbocycles. The lowest BCUT2D eigenvalue weighted by Crippen LogP contribution is -2.44. The highest BCUT2D eigenvalue weighted by Crippen LogP contribution is 2.30. The van der Waals surface area contributed by atoms with Crippen molar-refractivity contribution in [1.82, 2.24) is 9.80 Å². The summed E-state index contributed by atoms with van der Waals surface area (Å²) in [5.74, 6) is 0.879. The predicted molar refractivity (Wildman–Crippen MR) is 73.2 cm³/mol. The van der Waals surface area contributed by atoms with Crippen LogP contribution in [0, 0.1) is 5.92 Å². The van der Waals surface area contributed by atoms with Crippen LogP contribution in [0.2, 0.25) is 0 Å². The molecular formula is C14H27N3O. The predicted octanol–water partition coefficient (Wildman–Crippen LogP) is 1.06. The Labute approximate surface area is 110 Å². The van der Waals surface area contributed by atoms with Gasteiger partial charge >= 0.3 is 0 Å². The van der Waals surface area contributed by atoms with Crippen LogP contribution >= 0.6 is 0 Å². The molecule has 4 nitrogen and oxygen atoms in total. The van der Waals surface area contributed by atoms with Crippen molar-refractivity contribution < 1.29 is 4.79 Å². The first-order valence-corrected chi connectivity index (χ1v) is 7.13. The Morgan fingerprint density at radius 1 is 1.33 bits per heavy atom. The number of piperidine rings is 1. The maximum absolute atomic E-state index is 12.4. The van der Waals surface area contributed by atoms with E-state index in [2.05, 4.69) is 25.8 Å². The van der Waals surface area contributed by atoms with Crippen molar-refractivity contribution in [3.63, 3.8) is 0 Å². The Hall–Kier alpha value is -0.610. The topological polar surface area (TPSA) is 49.6 Å². The van der Waals surface area contributed by atoms with E-state index >= 15 is 0 Å². The number of amides is 1. The van der Waals surface area contributed by atoms with Crippen LogP contribution in [0.4, 0.5) is 0 Å². The Bertz CT molecular complexity index is 308. The Kier molecular flexibility index (Phi) is 3.97. The molecule has 0 aromatic rings. The van der Waals surface area contributed by atoms with Crippen LogP contribution in [0.15, 0.2) is 0 Å². The van der Waals surface area contributed by atoms with Gasteiger partial charge < -0.3 is 15.5 Å². The highest BCUT2D eigenvalue weighted by Gasteiger charge is 2.39. The summed E-state index contributed by atoms with van der Waals surface area (Å²) in [6.07, 6.45) is 3.95. The molecule has 104 valence electrons. The van der Waals surface area contributed by atoms with Crippen molar-refractivity contribution >= 4 is 5.91 Å². The Morgan fingerprint density at radius 2 is 1.94 bits per heavy atom. The molecule has 0 aliphatic carbocycles. The summed E-state index contributed by atoms with van der Waals surface area (Å²) in [6, 6.07) is 0.154. The lowest BCUT2D eigenvalue weighted by Gasteiger charge is -2.34. The van der Waals surface area contributed by atoms with Crippen molar-refractivity contribution in [2.45, 2.75) is 51.1 Å². The van der Waals surface area contributed by atoms with E-state index in [1.807, 2.05) is 4.90 Å². The van der Waals surface area contributed by atoms with Crippen molar-refractivity contribution in [2.24, 2.45) is 11.7 Å². The van der Waals surface area contributed by atoms with Gasteiger partial charge in [0.2, 0.25) is 5.91 Å². The summed E-state index contributed by atoms with van der Waals surface area (Å²) < 4.78 is 0. The molecule has 2 N–H and O–H groups in total. The van der Waals surface area contributed by atoms with Gasteiger partial charge in [-0.25, -0.2) is 0 Å². The van der Waals surface area contributed by atoms with Crippen LogP contribution in [-0.4, -0.2) is 54.0 Å². The fourth-order valence-corrected chi connectivity index (χ4v) is 3.36. The molecule has 2 aliphatic rings. The third kappa shape index (κ3) is 3.04. The fourth-order valence-electron chi connectivity index (χ4n) is 3.36. The lowest BCUT2D eigenvalue weighted by molar-refractivity contribution is -0.135. The van der Waals surface area contributed by atoms with E-state index < -0.39 is 0 Å². The number of rotatable bonds is 2. The molecule has 0 radical (unpaired) electrons. The molecule has 4 heteroatoms. The van der Waals surface area contributed by atoms with Crippen molar-refractivity contribution in [1.29, 1.82) is 0 Å². The molecule has 2 fully saturated rings. The van der Waals surface area contributed by atoms with Gasteiger partial charge in [-0.05, 0) is 59.2 Å². The normalized spacial score (nSPS) is 29.8. The van der Waals surface area contributed by atoms with Crippen molar-refractivity contribution in [2.75, 3.05) is 26.7 Å². The smallest absolute Gasteiger partial charge is 0.223 e. The van der Waals surface area contributed by atoms with E-state index in [0.29, 0.717) is 18.2 Å². The van der Waals surface area contributed by atoms with Crippen molar-refractivity contribution in [3.8, 4) is 0 Å². The average Bonchev–Trinajstić information content (AvgIpc) is 2.55. The minimum absolute atomic E-state index is 0.0536. The number of nitrogens with two attached hydrogens (primary N) is 1. The summed E-state index contributed by atoms with van der Waals surface area (Å²) in [6.45, 7) is 7.25. The van der Waals surface area contributed by atoms with Gasteiger partial charge in [0, 0.05) is 24.5 Å². The summed E-state index contributed by atoms with van der Waals surface area (Å²) in [5.41, 5.74) is 5.94. The summed E-state index contributed by atoms with van der Waals surface area (Å²) in [4.78, 5) is 16.8. The van der Waals surface area contributed by atoms with Crippen molar-refractivity contribution in [3.05, 3.63) is 0 Å². The van der Waals surface area contributed by atoms with Gasteiger partial charge in [0.15, 0.2) is 0 Å². The van der Waals surface area contributed by atoms with Crippen LogP contribution in [0.3, 0.4) is 0 Å². The summed E-state index contributed by atoms with van der Waals surface area (Å²) in [5, 5.41) is 0. The minimum atomic E-state index is -0.0536. The van der Waals surface area contributed by atoms with E-state index in [-0.39, 0.29) is 11.6 Å². The number of nitrogens with zero attached hydrogens (tertiary/aromatic N) is 2. The standard InChI is InChI=1S/C14H27N3O/c1-14(2)9-12(15)10-17(14)13(18)8-11-4-6-16(3)7-5-11/h11-12H,4-10,15H2,1-3H3. The second kappa shape index (κ2) is 5.17. The number of likely N-dealkylation sites (tertiary alicyclic amines) is 2. The quantitative estimate of drug-likeness (QED) is 0.800. The van der Waals surface area contributed by atoms with Gasteiger partial charge in [0.05, 0.1) is 0 Å². The molecular weight excluding hydrogens is 226 g/mol.